The Morgan fingerprint density at radius 2 is 2.31 bits per heavy atom. The van der Waals surface area contributed by atoms with E-state index in [9.17, 15) is 0 Å². The molecule has 0 aliphatic carbocycles. The third kappa shape index (κ3) is 3.96. The van der Waals surface area contributed by atoms with E-state index in [2.05, 4.69) is 34.7 Å². The summed E-state index contributed by atoms with van der Waals surface area (Å²) in [5.41, 5.74) is 0. The maximum absolute atomic E-state index is 5.54. The predicted molar refractivity (Wildman–Crippen MR) is 59.5 cm³/mol. The number of likely N-dealkylation sites (tertiary alicyclic amines) is 1. The van der Waals surface area contributed by atoms with Crippen molar-refractivity contribution in [3.8, 4) is 0 Å². The summed E-state index contributed by atoms with van der Waals surface area (Å²) < 4.78 is 5.54. The molecule has 1 aliphatic heterocycles. The van der Waals surface area contributed by atoms with Crippen molar-refractivity contribution in [1.82, 2.24) is 4.90 Å². The number of nitrogens with zero attached hydrogens (tertiary/aromatic N) is 1. The molecule has 0 bridgehead atoms. The van der Waals surface area contributed by atoms with Gasteiger partial charge in [-0.3, -0.25) is 4.90 Å². The van der Waals surface area contributed by atoms with E-state index in [1.165, 1.54) is 19.4 Å². The second-order valence-corrected chi connectivity index (χ2v) is 4.55. The standard InChI is InChI=1S/C10H20BrNO/c1-9(2)13-7-6-12-5-3-4-10(12)8-11/h9-10H,3-8H2,1-2H3. The second-order valence-electron chi connectivity index (χ2n) is 3.91. The summed E-state index contributed by atoms with van der Waals surface area (Å²) in [5.74, 6) is 0. The van der Waals surface area contributed by atoms with Crippen molar-refractivity contribution in [3.05, 3.63) is 0 Å². The molecule has 1 unspecified atom stereocenters. The van der Waals surface area contributed by atoms with Crippen LogP contribution in [-0.2, 0) is 4.74 Å². The van der Waals surface area contributed by atoms with Gasteiger partial charge in [0, 0.05) is 17.9 Å². The highest BCUT2D eigenvalue weighted by atomic mass is 79.9. The van der Waals surface area contributed by atoms with Gasteiger partial charge in [0.15, 0.2) is 0 Å². The van der Waals surface area contributed by atoms with Gasteiger partial charge < -0.3 is 4.74 Å². The van der Waals surface area contributed by atoms with Crippen molar-refractivity contribution in [2.75, 3.05) is 25.0 Å². The summed E-state index contributed by atoms with van der Waals surface area (Å²) in [7, 11) is 0. The SMILES string of the molecule is CC(C)OCCN1CCCC1CBr. The Bertz CT molecular complexity index is 141. The van der Waals surface area contributed by atoms with Gasteiger partial charge in [0.1, 0.15) is 0 Å². The predicted octanol–water partition coefficient (Wildman–Crippen LogP) is 2.27. The van der Waals surface area contributed by atoms with Gasteiger partial charge in [-0.1, -0.05) is 15.9 Å². The quantitative estimate of drug-likeness (QED) is 0.694. The summed E-state index contributed by atoms with van der Waals surface area (Å²) in [6, 6.07) is 0.746. The molecule has 1 rings (SSSR count). The first kappa shape index (κ1) is 11.5. The van der Waals surface area contributed by atoms with E-state index in [1.807, 2.05) is 0 Å². The van der Waals surface area contributed by atoms with Gasteiger partial charge in [0.25, 0.3) is 0 Å². The molecule has 78 valence electrons. The van der Waals surface area contributed by atoms with Crippen LogP contribution in [0.25, 0.3) is 0 Å². The largest absolute Gasteiger partial charge is 0.377 e. The van der Waals surface area contributed by atoms with Gasteiger partial charge in [-0.15, -0.1) is 0 Å². The van der Waals surface area contributed by atoms with E-state index in [1.54, 1.807) is 0 Å². The Morgan fingerprint density at radius 3 is 2.92 bits per heavy atom. The summed E-state index contributed by atoms with van der Waals surface area (Å²) in [6.45, 7) is 7.39. The molecule has 0 N–H and O–H groups in total. The Balaban J connectivity index is 2.13. The second kappa shape index (κ2) is 5.99. The fourth-order valence-electron chi connectivity index (χ4n) is 1.77. The van der Waals surface area contributed by atoms with Crippen molar-refractivity contribution in [2.45, 2.75) is 38.8 Å². The molecule has 0 spiro atoms. The number of ether oxygens (including phenoxy) is 1. The average Bonchev–Trinajstić information content (AvgIpc) is 2.51. The van der Waals surface area contributed by atoms with E-state index in [-0.39, 0.29) is 0 Å². The smallest absolute Gasteiger partial charge is 0.0597 e. The fraction of sp³-hybridized carbons (Fsp3) is 1.00. The summed E-state index contributed by atoms with van der Waals surface area (Å²) in [6.07, 6.45) is 3.05. The topological polar surface area (TPSA) is 12.5 Å². The van der Waals surface area contributed by atoms with Gasteiger partial charge in [-0.25, -0.2) is 0 Å². The number of alkyl halides is 1. The Morgan fingerprint density at radius 1 is 1.54 bits per heavy atom. The molecule has 0 aromatic carbocycles. The van der Waals surface area contributed by atoms with Crippen molar-refractivity contribution in [1.29, 1.82) is 0 Å². The van der Waals surface area contributed by atoms with Crippen LogP contribution in [0.1, 0.15) is 26.7 Å². The van der Waals surface area contributed by atoms with Crippen LogP contribution in [-0.4, -0.2) is 42.1 Å². The van der Waals surface area contributed by atoms with Crippen LogP contribution in [0.5, 0.6) is 0 Å². The van der Waals surface area contributed by atoms with Crippen LogP contribution in [0.3, 0.4) is 0 Å². The Labute approximate surface area is 89.8 Å². The minimum atomic E-state index is 0.366. The molecule has 1 fully saturated rings. The number of hydrogen-bond donors (Lipinski definition) is 0. The number of rotatable bonds is 5. The number of hydrogen-bond acceptors (Lipinski definition) is 2. The van der Waals surface area contributed by atoms with Crippen LogP contribution < -0.4 is 0 Å². The summed E-state index contributed by atoms with van der Waals surface area (Å²) in [4.78, 5) is 2.52. The Hall–Kier alpha value is 0.400. The van der Waals surface area contributed by atoms with Crippen molar-refractivity contribution < 1.29 is 4.74 Å². The highest BCUT2D eigenvalue weighted by Crippen LogP contribution is 2.18. The zero-order chi connectivity index (χ0) is 9.68. The molecular formula is C10H20BrNO. The lowest BCUT2D eigenvalue weighted by Crippen LogP contribution is -2.33. The third-order valence-corrected chi connectivity index (χ3v) is 3.25. The molecule has 0 aromatic heterocycles. The molecule has 1 heterocycles. The lowest BCUT2D eigenvalue weighted by molar-refractivity contribution is 0.0582. The molecule has 0 radical (unpaired) electrons. The van der Waals surface area contributed by atoms with Gasteiger partial charge in [0.2, 0.25) is 0 Å². The fourth-order valence-corrected chi connectivity index (χ4v) is 2.50. The average molecular weight is 250 g/mol. The summed E-state index contributed by atoms with van der Waals surface area (Å²) in [5, 5.41) is 1.11. The van der Waals surface area contributed by atoms with Crippen LogP contribution in [0, 0.1) is 0 Å². The minimum Gasteiger partial charge on any atom is -0.377 e. The molecule has 0 aromatic rings. The third-order valence-electron chi connectivity index (χ3n) is 2.51. The maximum Gasteiger partial charge on any atom is 0.0597 e. The van der Waals surface area contributed by atoms with Crippen LogP contribution in [0.15, 0.2) is 0 Å². The molecule has 1 aliphatic rings. The molecule has 0 amide bonds. The molecule has 3 heteroatoms. The van der Waals surface area contributed by atoms with E-state index < -0.39 is 0 Å². The molecular weight excluding hydrogens is 230 g/mol. The number of halogens is 1. The zero-order valence-electron chi connectivity index (χ0n) is 8.63. The molecule has 2 nitrogen and oxygen atoms in total. The van der Waals surface area contributed by atoms with Crippen LogP contribution in [0.4, 0.5) is 0 Å². The van der Waals surface area contributed by atoms with Crippen molar-refractivity contribution >= 4 is 15.9 Å². The van der Waals surface area contributed by atoms with Gasteiger partial charge in [-0.2, -0.15) is 0 Å². The van der Waals surface area contributed by atoms with E-state index >= 15 is 0 Å². The van der Waals surface area contributed by atoms with Crippen LogP contribution in [0.2, 0.25) is 0 Å². The van der Waals surface area contributed by atoms with Crippen molar-refractivity contribution in [2.24, 2.45) is 0 Å². The molecule has 0 saturated carbocycles. The van der Waals surface area contributed by atoms with Gasteiger partial charge in [-0.05, 0) is 33.2 Å². The molecule has 1 atom stereocenters. The highest BCUT2D eigenvalue weighted by molar-refractivity contribution is 9.09. The van der Waals surface area contributed by atoms with E-state index in [0.717, 1.165) is 24.5 Å². The lowest BCUT2D eigenvalue weighted by atomic mass is 10.2. The zero-order valence-corrected chi connectivity index (χ0v) is 10.2. The van der Waals surface area contributed by atoms with Gasteiger partial charge in [0.05, 0.1) is 12.7 Å². The lowest BCUT2D eigenvalue weighted by Gasteiger charge is -2.22. The highest BCUT2D eigenvalue weighted by Gasteiger charge is 2.22. The first-order valence-corrected chi connectivity index (χ1v) is 6.27. The molecule has 13 heavy (non-hydrogen) atoms. The maximum atomic E-state index is 5.54. The first-order valence-electron chi connectivity index (χ1n) is 5.15. The normalized spacial score (nSPS) is 24.5. The Kier molecular flexibility index (Phi) is 5.29. The first-order chi connectivity index (χ1) is 6.24. The van der Waals surface area contributed by atoms with Crippen molar-refractivity contribution in [3.63, 3.8) is 0 Å². The monoisotopic (exact) mass is 249 g/mol. The summed E-state index contributed by atoms with van der Waals surface area (Å²) >= 11 is 3.55. The van der Waals surface area contributed by atoms with E-state index in [0.29, 0.717) is 6.10 Å². The minimum absolute atomic E-state index is 0.366. The molecule has 1 saturated heterocycles. The van der Waals surface area contributed by atoms with Crippen LogP contribution >= 0.6 is 15.9 Å². The van der Waals surface area contributed by atoms with E-state index in [4.69, 9.17) is 4.74 Å². The van der Waals surface area contributed by atoms with Gasteiger partial charge >= 0.3 is 0 Å².